The second kappa shape index (κ2) is 6.88. The first kappa shape index (κ1) is 16.7. The molecule has 21 heavy (non-hydrogen) atoms. The molecule has 0 aliphatic rings. The Kier molecular flexibility index (Phi) is 5.47. The van der Waals surface area contributed by atoms with Crippen LogP contribution in [0, 0.1) is 0 Å². The van der Waals surface area contributed by atoms with Gasteiger partial charge in [-0.3, -0.25) is 9.59 Å². The minimum Gasteiger partial charge on any atom is -0.508 e. The van der Waals surface area contributed by atoms with Gasteiger partial charge >= 0.3 is 0 Å². The average molecular weight is 458 g/mol. The molecule has 0 bridgehead atoms. The van der Waals surface area contributed by atoms with Gasteiger partial charge in [-0.25, -0.2) is 0 Å². The van der Waals surface area contributed by atoms with E-state index in [0.717, 1.165) is 0 Å². The predicted molar refractivity (Wildman–Crippen MR) is 72.7 cm³/mol. The van der Waals surface area contributed by atoms with Crippen molar-refractivity contribution >= 4 is 17.5 Å². The largest absolute Gasteiger partial charge is 0.508 e. The summed E-state index contributed by atoms with van der Waals surface area (Å²) in [6.45, 7) is 0. The van der Waals surface area contributed by atoms with Crippen molar-refractivity contribution in [2.75, 3.05) is 5.32 Å². The Hall–Kier alpha value is -2.36. The van der Waals surface area contributed by atoms with Crippen LogP contribution in [0.5, 0.6) is 11.5 Å². The number of carbonyl (C=O) groups excluding carboxylic acids is 2. The number of nitrogens with one attached hydrogen (secondary N) is 1. The fourth-order valence-corrected chi connectivity index (χ4v) is 1.63. The second-order valence-electron chi connectivity index (χ2n) is 4.10. The second-order valence-corrected chi connectivity index (χ2v) is 4.10. The van der Waals surface area contributed by atoms with Gasteiger partial charge in [0.05, 0.1) is 5.69 Å². The number of hydrogen-bond donors (Lipinski definition) is 4. The number of carbonyl (C=O) groups is 2. The van der Waals surface area contributed by atoms with E-state index < -0.39 is 11.8 Å². The summed E-state index contributed by atoms with van der Waals surface area (Å²) in [5.74, 6) is -1.48. The minimum absolute atomic E-state index is 0. The molecule has 109 valence electrons. The number of primary amides is 1. The predicted octanol–water partition coefficient (Wildman–Crippen LogP) is 1.45. The fraction of sp³-hybridized carbons (Fsp3) is 0. The van der Waals surface area contributed by atoms with Gasteiger partial charge in [0.15, 0.2) is 0 Å². The van der Waals surface area contributed by atoms with Crippen LogP contribution in [0.25, 0.3) is 0 Å². The van der Waals surface area contributed by atoms with Crippen molar-refractivity contribution in [3.05, 3.63) is 53.6 Å². The number of rotatable bonds is 3. The molecule has 0 atom stereocenters. The Bertz CT molecular complexity index is 688. The van der Waals surface area contributed by atoms with Crippen molar-refractivity contribution in [3.63, 3.8) is 0 Å². The van der Waals surface area contributed by atoms with Crippen LogP contribution in [0.2, 0.25) is 0 Å². The van der Waals surface area contributed by atoms with Gasteiger partial charge in [0.25, 0.3) is 5.91 Å². The molecule has 5 N–H and O–H groups in total. The van der Waals surface area contributed by atoms with Crippen molar-refractivity contribution < 1.29 is 40.2 Å². The van der Waals surface area contributed by atoms with Crippen molar-refractivity contribution in [1.29, 1.82) is 0 Å². The maximum absolute atomic E-state index is 11.9. The number of benzene rings is 2. The molecule has 0 saturated carbocycles. The summed E-state index contributed by atoms with van der Waals surface area (Å²) in [6, 6.07) is 9.71. The summed E-state index contributed by atoms with van der Waals surface area (Å²) in [5.41, 5.74) is 5.59. The number of nitrogens with two attached hydrogens (primary N) is 1. The molecule has 0 unspecified atom stereocenters. The molecule has 0 saturated heterocycles. The standard InChI is InChI=1S/C14H12N2O4.Re/c15-13(19)8-4-5-11(12(18)7-8)16-14(20)9-2-1-3-10(17)6-9;/h1-7,17-18H,(H2,15,19)(H,16,20);. The SMILES string of the molecule is NC(=O)c1ccc(NC(=O)c2cccc(O)c2)c(O)c1.[Re]. The van der Waals surface area contributed by atoms with Gasteiger partial charge in [-0.1, -0.05) is 6.07 Å². The van der Waals surface area contributed by atoms with Gasteiger partial charge in [0.2, 0.25) is 5.91 Å². The van der Waals surface area contributed by atoms with Crippen LogP contribution in [0.15, 0.2) is 42.5 Å². The van der Waals surface area contributed by atoms with E-state index in [4.69, 9.17) is 5.73 Å². The van der Waals surface area contributed by atoms with Crippen LogP contribution in [-0.4, -0.2) is 22.0 Å². The molecule has 6 nitrogen and oxygen atoms in total. The molecule has 0 aliphatic heterocycles. The normalized spacial score (nSPS) is 9.52. The molecule has 2 aromatic rings. The molecular weight excluding hydrogens is 446 g/mol. The van der Waals surface area contributed by atoms with Crippen molar-refractivity contribution in [3.8, 4) is 11.5 Å². The molecule has 2 amide bonds. The third kappa shape index (κ3) is 4.05. The smallest absolute Gasteiger partial charge is 0.255 e. The van der Waals surface area contributed by atoms with Crippen LogP contribution in [0.3, 0.4) is 0 Å². The maximum atomic E-state index is 11.9. The molecule has 0 heterocycles. The van der Waals surface area contributed by atoms with Gasteiger partial charge in [0, 0.05) is 31.5 Å². The van der Waals surface area contributed by atoms with E-state index in [2.05, 4.69) is 5.32 Å². The van der Waals surface area contributed by atoms with E-state index in [1.807, 2.05) is 0 Å². The molecule has 2 aromatic carbocycles. The summed E-state index contributed by atoms with van der Waals surface area (Å²) in [6.07, 6.45) is 0. The molecule has 7 heteroatoms. The zero-order valence-corrected chi connectivity index (χ0v) is 13.4. The number of anilines is 1. The summed E-state index contributed by atoms with van der Waals surface area (Å²) in [5, 5.41) is 21.5. The maximum Gasteiger partial charge on any atom is 0.255 e. The Morgan fingerprint density at radius 3 is 2.29 bits per heavy atom. The molecular formula is C14H12N2O4Re. The van der Waals surface area contributed by atoms with Crippen molar-refractivity contribution in [2.45, 2.75) is 0 Å². The molecule has 2 rings (SSSR count). The van der Waals surface area contributed by atoms with E-state index in [-0.39, 0.29) is 48.7 Å². The zero-order chi connectivity index (χ0) is 14.7. The topological polar surface area (TPSA) is 113 Å². The Labute approximate surface area is 134 Å². The van der Waals surface area contributed by atoms with E-state index in [1.54, 1.807) is 0 Å². The molecule has 0 fully saturated rings. The average Bonchev–Trinajstić information content (AvgIpc) is 2.40. The van der Waals surface area contributed by atoms with Crippen LogP contribution in [0.1, 0.15) is 20.7 Å². The molecule has 1 radical (unpaired) electrons. The van der Waals surface area contributed by atoms with E-state index in [1.165, 1.54) is 42.5 Å². The van der Waals surface area contributed by atoms with Crippen LogP contribution >= 0.6 is 0 Å². The molecule has 0 aromatic heterocycles. The quantitative estimate of drug-likeness (QED) is 0.522. The van der Waals surface area contributed by atoms with Gasteiger partial charge in [0.1, 0.15) is 11.5 Å². The number of hydrogen-bond acceptors (Lipinski definition) is 4. The summed E-state index contributed by atoms with van der Waals surface area (Å²) in [4.78, 5) is 22.9. The van der Waals surface area contributed by atoms with Crippen LogP contribution in [0.4, 0.5) is 5.69 Å². The van der Waals surface area contributed by atoms with Crippen LogP contribution in [-0.2, 0) is 20.4 Å². The summed E-state index contributed by atoms with van der Waals surface area (Å²) >= 11 is 0. The minimum atomic E-state index is -0.675. The Morgan fingerprint density at radius 2 is 1.71 bits per heavy atom. The number of phenolic OH excluding ortho intramolecular Hbond substituents is 2. The molecule has 0 spiro atoms. The van der Waals surface area contributed by atoms with Gasteiger partial charge in [-0.2, -0.15) is 0 Å². The van der Waals surface area contributed by atoms with Crippen molar-refractivity contribution in [2.24, 2.45) is 5.73 Å². The first-order chi connectivity index (χ1) is 9.47. The third-order valence-corrected chi connectivity index (χ3v) is 2.64. The Morgan fingerprint density at radius 1 is 1.00 bits per heavy atom. The van der Waals surface area contributed by atoms with Gasteiger partial charge in [-0.05, 0) is 36.4 Å². The molecule has 0 aliphatic carbocycles. The van der Waals surface area contributed by atoms with Gasteiger partial charge in [-0.15, -0.1) is 0 Å². The number of phenols is 2. The fourth-order valence-electron chi connectivity index (χ4n) is 1.63. The number of amides is 2. The number of aromatic hydroxyl groups is 2. The monoisotopic (exact) mass is 459 g/mol. The summed E-state index contributed by atoms with van der Waals surface area (Å²) < 4.78 is 0. The van der Waals surface area contributed by atoms with Crippen molar-refractivity contribution in [1.82, 2.24) is 0 Å². The zero-order valence-electron chi connectivity index (χ0n) is 10.7. The van der Waals surface area contributed by atoms with Crippen LogP contribution < -0.4 is 11.1 Å². The first-order valence-electron chi connectivity index (χ1n) is 5.70. The van der Waals surface area contributed by atoms with E-state index in [0.29, 0.717) is 0 Å². The third-order valence-electron chi connectivity index (χ3n) is 2.64. The van der Waals surface area contributed by atoms with E-state index >= 15 is 0 Å². The van der Waals surface area contributed by atoms with Gasteiger partial charge < -0.3 is 21.3 Å². The first-order valence-corrected chi connectivity index (χ1v) is 5.70. The summed E-state index contributed by atoms with van der Waals surface area (Å²) in [7, 11) is 0. The van der Waals surface area contributed by atoms with E-state index in [9.17, 15) is 19.8 Å². The Balaban J connectivity index is 0.00000220.